The minimum atomic E-state index is 0.364. The molecular weight excluding hydrogens is 264 g/mol. The highest BCUT2D eigenvalue weighted by Gasteiger charge is 2.18. The molecule has 0 amide bonds. The molecule has 0 saturated heterocycles. The molecule has 1 aromatic rings. The molecule has 0 saturated carbocycles. The van der Waals surface area contributed by atoms with Crippen LogP contribution < -0.4 is 5.32 Å². The fraction of sp³-hybridized carbons (Fsp3) is 0.615. The van der Waals surface area contributed by atoms with Gasteiger partial charge in [0.05, 0.1) is 0 Å². The van der Waals surface area contributed by atoms with Gasteiger partial charge in [0.2, 0.25) is 0 Å². The quantitative estimate of drug-likeness (QED) is 0.914. The van der Waals surface area contributed by atoms with Gasteiger partial charge in [-0.05, 0) is 45.4 Å². The average Bonchev–Trinajstić information content (AvgIpc) is 2.16. The smallest absolute Gasteiger partial charge is 0.0410 e. The first-order chi connectivity index (χ1) is 7.39. The second-order valence-corrected chi connectivity index (χ2v) is 6.33. The highest BCUT2D eigenvalue weighted by molar-refractivity contribution is 9.10. The van der Waals surface area contributed by atoms with Crippen molar-refractivity contribution in [2.75, 3.05) is 6.54 Å². The van der Waals surface area contributed by atoms with E-state index in [2.05, 4.69) is 60.0 Å². The average molecular weight is 285 g/mol. The molecule has 1 atom stereocenters. The minimum Gasteiger partial charge on any atom is -0.312 e. The highest BCUT2D eigenvalue weighted by atomic mass is 79.9. The number of nitrogens with one attached hydrogen (secondary N) is 1. The molecule has 3 heteroatoms. The Bertz CT molecular complexity index is 331. The fourth-order valence-corrected chi connectivity index (χ4v) is 1.70. The van der Waals surface area contributed by atoms with Gasteiger partial charge in [-0.1, -0.05) is 27.7 Å². The van der Waals surface area contributed by atoms with Crippen LogP contribution in [0.4, 0.5) is 0 Å². The van der Waals surface area contributed by atoms with Crippen molar-refractivity contribution < 1.29 is 0 Å². The molecule has 0 bridgehead atoms. The number of nitrogens with zero attached hydrogens (tertiary/aromatic N) is 1. The second kappa shape index (κ2) is 5.78. The zero-order valence-corrected chi connectivity index (χ0v) is 12.1. The first-order valence-corrected chi connectivity index (χ1v) is 6.49. The first-order valence-electron chi connectivity index (χ1n) is 5.70. The van der Waals surface area contributed by atoms with E-state index in [4.69, 9.17) is 0 Å². The zero-order chi connectivity index (χ0) is 12.2. The molecule has 1 heterocycles. The van der Waals surface area contributed by atoms with E-state index in [1.54, 1.807) is 6.20 Å². The van der Waals surface area contributed by atoms with Crippen molar-refractivity contribution in [1.29, 1.82) is 0 Å². The van der Waals surface area contributed by atoms with Gasteiger partial charge in [-0.25, -0.2) is 0 Å². The lowest BCUT2D eigenvalue weighted by Crippen LogP contribution is -2.29. The summed E-state index contributed by atoms with van der Waals surface area (Å²) in [6, 6.07) is 2.10. The molecular formula is C13H21BrN2. The Labute approximate surface area is 107 Å². The highest BCUT2D eigenvalue weighted by Crippen LogP contribution is 2.24. The Kier molecular flexibility index (Phi) is 4.93. The predicted octanol–water partition coefficient (Wildman–Crippen LogP) is 3.62. The molecule has 0 spiro atoms. The van der Waals surface area contributed by atoms with Crippen LogP contribution in [-0.4, -0.2) is 11.5 Å². The third-order valence-corrected chi connectivity index (χ3v) is 3.45. The standard InChI is InChI=1S/C13H21BrN2/c1-10(13(2,3)4)6-15-7-11-5-12(14)9-16-8-11/h5,8-10,15H,6-7H2,1-4H3. The molecule has 2 nitrogen and oxygen atoms in total. The van der Waals surface area contributed by atoms with E-state index in [0.717, 1.165) is 17.6 Å². The molecule has 0 aliphatic carbocycles. The van der Waals surface area contributed by atoms with Gasteiger partial charge in [0.15, 0.2) is 0 Å². The molecule has 0 radical (unpaired) electrons. The summed E-state index contributed by atoms with van der Waals surface area (Å²) in [5.74, 6) is 0.660. The van der Waals surface area contributed by atoms with Crippen molar-refractivity contribution in [2.24, 2.45) is 11.3 Å². The zero-order valence-electron chi connectivity index (χ0n) is 10.5. The van der Waals surface area contributed by atoms with Crippen LogP contribution in [0.15, 0.2) is 22.9 Å². The number of halogens is 1. The third kappa shape index (κ3) is 4.62. The van der Waals surface area contributed by atoms with Crippen LogP contribution in [0.3, 0.4) is 0 Å². The van der Waals surface area contributed by atoms with Gasteiger partial charge >= 0.3 is 0 Å². The molecule has 0 fully saturated rings. The van der Waals surface area contributed by atoms with Crippen molar-refractivity contribution in [2.45, 2.75) is 34.2 Å². The van der Waals surface area contributed by atoms with Gasteiger partial charge in [-0.3, -0.25) is 4.98 Å². The van der Waals surface area contributed by atoms with Crippen LogP contribution in [-0.2, 0) is 6.54 Å². The van der Waals surface area contributed by atoms with Crippen molar-refractivity contribution in [3.8, 4) is 0 Å². The Hall–Kier alpha value is -0.410. The molecule has 0 aliphatic heterocycles. The Balaban J connectivity index is 2.36. The first kappa shape index (κ1) is 13.7. The molecule has 90 valence electrons. The predicted molar refractivity (Wildman–Crippen MR) is 72.3 cm³/mol. The second-order valence-electron chi connectivity index (χ2n) is 5.41. The summed E-state index contributed by atoms with van der Waals surface area (Å²) in [6.07, 6.45) is 3.71. The monoisotopic (exact) mass is 284 g/mol. The number of pyridine rings is 1. The summed E-state index contributed by atoms with van der Waals surface area (Å²) >= 11 is 3.42. The van der Waals surface area contributed by atoms with Crippen molar-refractivity contribution in [3.63, 3.8) is 0 Å². The maximum absolute atomic E-state index is 4.14. The minimum absolute atomic E-state index is 0.364. The summed E-state index contributed by atoms with van der Waals surface area (Å²) in [6.45, 7) is 11.0. The van der Waals surface area contributed by atoms with Crippen LogP contribution in [0.25, 0.3) is 0 Å². The number of hydrogen-bond acceptors (Lipinski definition) is 2. The topological polar surface area (TPSA) is 24.9 Å². The van der Waals surface area contributed by atoms with Crippen molar-refractivity contribution >= 4 is 15.9 Å². The summed E-state index contributed by atoms with van der Waals surface area (Å²) in [5.41, 5.74) is 1.58. The van der Waals surface area contributed by atoms with Gasteiger partial charge in [-0.2, -0.15) is 0 Å². The lowest BCUT2D eigenvalue weighted by atomic mass is 9.82. The molecule has 1 rings (SSSR count). The molecule has 1 aromatic heterocycles. The Morgan fingerprint density at radius 3 is 2.62 bits per heavy atom. The van der Waals surface area contributed by atoms with Gasteiger partial charge in [0.1, 0.15) is 0 Å². The van der Waals surface area contributed by atoms with E-state index in [0.29, 0.717) is 11.3 Å². The van der Waals surface area contributed by atoms with E-state index in [1.807, 2.05) is 6.20 Å². The molecule has 0 aliphatic rings. The largest absolute Gasteiger partial charge is 0.312 e. The summed E-state index contributed by atoms with van der Waals surface area (Å²) in [5, 5.41) is 3.47. The summed E-state index contributed by atoms with van der Waals surface area (Å²) < 4.78 is 1.04. The maximum atomic E-state index is 4.14. The normalized spacial score (nSPS) is 13.8. The van der Waals surface area contributed by atoms with Crippen molar-refractivity contribution in [1.82, 2.24) is 10.3 Å². The van der Waals surface area contributed by atoms with Gasteiger partial charge in [0.25, 0.3) is 0 Å². The van der Waals surface area contributed by atoms with E-state index < -0.39 is 0 Å². The maximum Gasteiger partial charge on any atom is 0.0410 e. The van der Waals surface area contributed by atoms with Crippen LogP contribution in [0.1, 0.15) is 33.3 Å². The van der Waals surface area contributed by atoms with E-state index >= 15 is 0 Å². The van der Waals surface area contributed by atoms with E-state index in [1.165, 1.54) is 5.56 Å². The Morgan fingerprint density at radius 2 is 2.06 bits per heavy atom. The van der Waals surface area contributed by atoms with Crippen LogP contribution in [0.5, 0.6) is 0 Å². The molecule has 1 unspecified atom stereocenters. The molecule has 16 heavy (non-hydrogen) atoms. The van der Waals surface area contributed by atoms with Crippen LogP contribution >= 0.6 is 15.9 Å². The SMILES string of the molecule is CC(CNCc1cncc(Br)c1)C(C)(C)C. The lowest BCUT2D eigenvalue weighted by molar-refractivity contribution is 0.252. The van der Waals surface area contributed by atoms with Crippen LogP contribution in [0, 0.1) is 11.3 Å². The summed E-state index contributed by atoms with van der Waals surface area (Å²) in [7, 11) is 0. The number of aromatic nitrogens is 1. The van der Waals surface area contributed by atoms with Gasteiger partial charge < -0.3 is 5.32 Å². The van der Waals surface area contributed by atoms with E-state index in [-0.39, 0.29) is 0 Å². The molecule has 0 aromatic carbocycles. The number of hydrogen-bond donors (Lipinski definition) is 1. The molecule has 1 N–H and O–H groups in total. The van der Waals surface area contributed by atoms with Crippen LogP contribution in [0.2, 0.25) is 0 Å². The van der Waals surface area contributed by atoms with Crippen molar-refractivity contribution in [3.05, 3.63) is 28.5 Å². The summed E-state index contributed by atoms with van der Waals surface area (Å²) in [4.78, 5) is 4.14. The van der Waals surface area contributed by atoms with Gasteiger partial charge in [0, 0.05) is 23.4 Å². The Morgan fingerprint density at radius 1 is 1.38 bits per heavy atom. The van der Waals surface area contributed by atoms with Gasteiger partial charge in [-0.15, -0.1) is 0 Å². The third-order valence-electron chi connectivity index (χ3n) is 3.02. The lowest BCUT2D eigenvalue weighted by Gasteiger charge is -2.27. The van der Waals surface area contributed by atoms with E-state index in [9.17, 15) is 0 Å². The number of rotatable bonds is 4. The fourth-order valence-electron chi connectivity index (χ4n) is 1.29.